The number of aliphatic hydroxyl groups excluding tert-OH is 1. The van der Waals surface area contributed by atoms with Crippen LogP contribution in [-0.4, -0.2) is 43.6 Å². The first-order chi connectivity index (χ1) is 20.4. The summed E-state index contributed by atoms with van der Waals surface area (Å²) in [7, 11) is -1.05. The summed E-state index contributed by atoms with van der Waals surface area (Å²) in [6, 6.07) is 19.4. The lowest BCUT2D eigenvalue weighted by Gasteiger charge is -2.17. The molecule has 224 valence electrons. The van der Waals surface area contributed by atoms with Crippen LogP contribution in [0.25, 0.3) is 33.5 Å². The van der Waals surface area contributed by atoms with Gasteiger partial charge in [0.05, 0.1) is 29.4 Å². The first kappa shape index (κ1) is 29.2. The molecule has 7 nitrogen and oxygen atoms in total. The van der Waals surface area contributed by atoms with E-state index < -0.39 is 25.4 Å². The average Bonchev–Trinajstić information content (AvgIpc) is 3.63. The number of ether oxygens (including phenoxy) is 1. The minimum atomic E-state index is -4.94. The van der Waals surface area contributed by atoms with Gasteiger partial charge in [0.15, 0.2) is 0 Å². The molecule has 0 spiro atoms. The van der Waals surface area contributed by atoms with Crippen LogP contribution in [0, 0.1) is 0 Å². The first-order valence-electron chi connectivity index (χ1n) is 14.2. The van der Waals surface area contributed by atoms with Crippen molar-refractivity contribution in [2.75, 3.05) is 12.8 Å². The Balaban J connectivity index is 1.46. The number of aliphatic hydroxyl groups is 1. The van der Waals surface area contributed by atoms with Crippen molar-refractivity contribution in [3.8, 4) is 28.4 Å². The van der Waals surface area contributed by atoms with Gasteiger partial charge in [-0.05, 0) is 43.3 Å². The Labute approximate surface area is 247 Å². The summed E-state index contributed by atoms with van der Waals surface area (Å²) in [6.45, 7) is 3.56. The summed E-state index contributed by atoms with van der Waals surface area (Å²) in [5, 5.41) is 16.6. The molecule has 1 fully saturated rings. The summed E-state index contributed by atoms with van der Waals surface area (Å²) >= 11 is 0. The molecule has 1 aliphatic rings. The first-order valence-corrected chi connectivity index (χ1v) is 16.5. The number of benzene rings is 3. The van der Waals surface area contributed by atoms with Crippen LogP contribution >= 0.6 is 7.14 Å². The van der Waals surface area contributed by atoms with E-state index in [1.165, 1.54) is 12.1 Å². The highest BCUT2D eigenvalue weighted by Crippen LogP contribution is 2.48. The average molecular weight is 609 g/mol. The van der Waals surface area contributed by atoms with Gasteiger partial charge >= 0.3 is 6.36 Å². The van der Waals surface area contributed by atoms with E-state index in [0.29, 0.717) is 23.0 Å². The minimum Gasteiger partial charge on any atom is -0.405 e. The maximum absolute atomic E-state index is 13.6. The molecule has 0 radical (unpaired) electrons. The van der Waals surface area contributed by atoms with Gasteiger partial charge in [0, 0.05) is 47.3 Å². The topological polar surface area (TPSA) is 82.2 Å². The van der Waals surface area contributed by atoms with Gasteiger partial charge in [0.2, 0.25) is 0 Å². The largest absolute Gasteiger partial charge is 0.573 e. The molecule has 2 atom stereocenters. The van der Waals surface area contributed by atoms with Crippen molar-refractivity contribution >= 4 is 23.3 Å². The fourth-order valence-electron chi connectivity index (χ4n) is 5.51. The second-order valence-electron chi connectivity index (χ2n) is 11.2. The fourth-order valence-corrected chi connectivity index (χ4v) is 6.65. The molecule has 0 saturated heterocycles. The van der Waals surface area contributed by atoms with E-state index in [-0.39, 0.29) is 18.0 Å². The van der Waals surface area contributed by atoms with Crippen LogP contribution in [0.1, 0.15) is 43.0 Å². The van der Waals surface area contributed by atoms with E-state index in [2.05, 4.69) is 9.84 Å². The lowest BCUT2D eigenvalue weighted by Crippen LogP contribution is -2.19. The lowest BCUT2D eigenvalue weighted by atomic mass is 10.0. The number of nitrogens with zero attached hydrogens (tertiary/aromatic N) is 4. The van der Waals surface area contributed by atoms with Gasteiger partial charge in [-0.15, -0.1) is 13.2 Å². The molecule has 3 aromatic carbocycles. The summed E-state index contributed by atoms with van der Waals surface area (Å²) in [5.41, 5.74) is 4.08. The van der Waals surface area contributed by atoms with Crippen molar-refractivity contribution in [3.05, 3.63) is 84.2 Å². The van der Waals surface area contributed by atoms with Crippen molar-refractivity contribution in [2.45, 2.75) is 44.7 Å². The highest BCUT2D eigenvalue weighted by Gasteiger charge is 2.36. The number of hydrogen-bond donors (Lipinski definition) is 1. The second kappa shape index (κ2) is 11.0. The van der Waals surface area contributed by atoms with E-state index in [0.717, 1.165) is 40.6 Å². The Bertz CT molecular complexity index is 1840. The summed E-state index contributed by atoms with van der Waals surface area (Å²) < 4.78 is 61.8. The standard InChI is InChI=1S/C32H32F3N4O3P/c1-4-43(3,41)22-15-16-24(28(17-22)42-32(33,34)35)31-36-29(30(38(31)2)21-13-14-21)23-11-8-12-26-25(23)18-39(37-26)19-27(40)20-9-6-5-7-10-20/h5-12,15-18,21,27,40H,4,13-14,19H2,1-3H3. The van der Waals surface area contributed by atoms with Crippen LogP contribution in [0.5, 0.6) is 5.75 Å². The number of halogens is 3. The van der Waals surface area contributed by atoms with Crippen molar-refractivity contribution in [1.82, 2.24) is 19.3 Å². The minimum absolute atomic E-state index is 0.168. The summed E-state index contributed by atoms with van der Waals surface area (Å²) in [4.78, 5) is 4.94. The number of rotatable bonds is 9. The Morgan fingerprint density at radius 2 is 1.81 bits per heavy atom. The molecule has 11 heteroatoms. The van der Waals surface area contributed by atoms with Crippen LogP contribution < -0.4 is 10.0 Å². The summed E-state index contributed by atoms with van der Waals surface area (Å²) in [6.07, 6.45) is -1.59. The van der Waals surface area contributed by atoms with Gasteiger partial charge in [-0.25, -0.2) is 4.98 Å². The quantitative estimate of drug-likeness (QED) is 0.178. The monoisotopic (exact) mass is 608 g/mol. The van der Waals surface area contributed by atoms with Crippen LogP contribution in [0.3, 0.4) is 0 Å². The zero-order valence-electron chi connectivity index (χ0n) is 24.0. The van der Waals surface area contributed by atoms with Crippen LogP contribution in [0.15, 0.2) is 72.9 Å². The van der Waals surface area contributed by atoms with E-state index in [1.807, 2.05) is 59.3 Å². The molecule has 0 aliphatic heterocycles. The van der Waals surface area contributed by atoms with Gasteiger partial charge in [0.1, 0.15) is 18.7 Å². The Hall–Kier alpha value is -3.88. The molecule has 43 heavy (non-hydrogen) atoms. The zero-order chi connectivity index (χ0) is 30.5. The van der Waals surface area contributed by atoms with Gasteiger partial charge in [-0.1, -0.05) is 55.5 Å². The van der Waals surface area contributed by atoms with E-state index in [1.54, 1.807) is 31.4 Å². The van der Waals surface area contributed by atoms with Crippen LogP contribution in [0.4, 0.5) is 13.2 Å². The van der Waals surface area contributed by atoms with E-state index >= 15 is 0 Å². The molecule has 5 aromatic rings. The maximum atomic E-state index is 13.6. The molecule has 6 rings (SSSR count). The second-order valence-corrected chi connectivity index (χ2v) is 14.5. The molecule has 2 unspecified atom stereocenters. The van der Waals surface area contributed by atoms with Crippen molar-refractivity contribution < 1.29 is 27.6 Å². The van der Waals surface area contributed by atoms with E-state index in [9.17, 15) is 22.8 Å². The molecule has 0 amide bonds. The number of hydrogen-bond acceptors (Lipinski definition) is 5. The molecular weight excluding hydrogens is 576 g/mol. The Morgan fingerprint density at radius 3 is 2.49 bits per heavy atom. The smallest absolute Gasteiger partial charge is 0.405 e. The normalized spacial score (nSPS) is 15.9. The highest BCUT2D eigenvalue weighted by molar-refractivity contribution is 7.70. The lowest BCUT2D eigenvalue weighted by molar-refractivity contribution is -0.274. The third-order valence-electron chi connectivity index (χ3n) is 8.08. The van der Waals surface area contributed by atoms with Gasteiger partial charge in [-0.2, -0.15) is 5.10 Å². The Kier molecular flexibility index (Phi) is 7.47. The SMILES string of the molecule is CCP(C)(=O)c1ccc(-c2nc(-c3cccc4nn(CC(O)c5ccccc5)cc34)c(C3CC3)n2C)c(OC(F)(F)F)c1. The van der Waals surface area contributed by atoms with Crippen molar-refractivity contribution in [1.29, 1.82) is 0 Å². The molecule has 1 aliphatic carbocycles. The fraction of sp³-hybridized carbons (Fsp3) is 0.312. The number of alkyl halides is 3. The molecule has 2 aromatic heterocycles. The Morgan fingerprint density at radius 1 is 1.07 bits per heavy atom. The van der Waals surface area contributed by atoms with Crippen LogP contribution in [0.2, 0.25) is 0 Å². The van der Waals surface area contributed by atoms with Gasteiger partial charge in [0.25, 0.3) is 0 Å². The van der Waals surface area contributed by atoms with Gasteiger partial charge < -0.3 is 19.0 Å². The zero-order valence-corrected chi connectivity index (χ0v) is 24.9. The molecule has 0 bridgehead atoms. The predicted octanol–water partition coefficient (Wildman–Crippen LogP) is 7.25. The highest BCUT2D eigenvalue weighted by atomic mass is 31.2. The third-order valence-corrected chi connectivity index (χ3v) is 10.7. The molecule has 2 heterocycles. The third kappa shape index (κ3) is 5.86. The number of imidazole rings is 1. The molecule has 1 saturated carbocycles. The van der Waals surface area contributed by atoms with Crippen molar-refractivity contribution in [2.24, 2.45) is 7.05 Å². The predicted molar refractivity (Wildman–Crippen MR) is 161 cm³/mol. The molecular formula is C32H32F3N4O3P. The summed E-state index contributed by atoms with van der Waals surface area (Å²) in [5.74, 6) is 0.117. The molecule has 1 N–H and O–H groups in total. The van der Waals surface area contributed by atoms with E-state index in [4.69, 9.17) is 4.98 Å². The van der Waals surface area contributed by atoms with Crippen LogP contribution in [-0.2, 0) is 18.2 Å². The number of fused-ring (bicyclic) bond motifs is 1. The maximum Gasteiger partial charge on any atom is 0.573 e. The van der Waals surface area contributed by atoms with Gasteiger partial charge in [-0.3, -0.25) is 4.68 Å². The van der Waals surface area contributed by atoms with Crippen molar-refractivity contribution in [3.63, 3.8) is 0 Å². The number of aromatic nitrogens is 4.